The highest BCUT2D eigenvalue weighted by atomic mass is 127. The molecule has 0 aromatic heterocycles. The Bertz CT molecular complexity index is 525. The normalized spacial score (nSPS) is 12.4. The van der Waals surface area contributed by atoms with E-state index in [1.807, 2.05) is 18.2 Å². The van der Waals surface area contributed by atoms with Crippen LogP contribution in [0.2, 0.25) is 5.02 Å². The van der Waals surface area contributed by atoms with Crippen LogP contribution in [0.3, 0.4) is 0 Å². The molecule has 0 aliphatic carbocycles. The number of benzene rings is 2. The fourth-order valence-electron chi connectivity index (χ4n) is 2.17. The summed E-state index contributed by atoms with van der Waals surface area (Å²) >= 11 is 8.53. The van der Waals surface area contributed by atoms with Crippen LogP contribution in [0.5, 0.6) is 0 Å². The van der Waals surface area contributed by atoms with Gasteiger partial charge in [0.15, 0.2) is 0 Å². The van der Waals surface area contributed by atoms with Gasteiger partial charge in [-0.25, -0.2) is 0 Å². The van der Waals surface area contributed by atoms with Crippen molar-refractivity contribution in [1.29, 1.82) is 0 Å². The van der Waals surface area contributed by atoms with Crippen molar-refractivity contribution in [1.82, 2.24) is 0 Å². The lowest BCUT2D eigenvalue weighted by Crippen LogP contribution is -2.19. The summed E-state index contributed by atoms with van der Waals surface area (Å²) in [7, 11) is 0. The first-order valence-corrected chi connectivity index (χ1v) is 7.82. The minimum Gasteiger partial charge on any atom is -0.330 e. The first-order valence-electron chi connectivity index (χ1n) is 6.37. The van der Waals surface area contributed by atoms with E-state index >= 15 is 0 Å². The average molecular weight is 386 g/mol. The monoisotopic (exact) mass is 385 g/mol. The van der Waals surface area contributed by atoms with Crippen molar-refractivity contribution in [3.05, 3.63) is 68.3 Å². The Morgan fingerprint density at radius 1 is 1.00 bits per heavy atom. The van der Waals surface area contributed by atoms with E-state index in [0.717, 1.165) is 17.9 Å². The van der Waals surface area contributed by atoms with Crippen LogP contribution in [0.4, 0.5) is 0 Å². The van der Waals surface area contributed by atoms with Crippen molar-refractivity contribution in [2.75, 3.05) is 6.54 Å². The van der Waals surface area contributed by atoms with Gasteiger partial charge in [-0.3, -0.25) is 0 Å². The van der Waals surface area contributed by atoms with Crippen LogP contribution in [0.1, 0.15) is 11.1 Å². The fourth-order valence-corrected chi connectivity index (χ4v) is 2.74. The van der Waals surface area contributed by atoms with E-state index in [0.29, 0.717) is 12.5 Å². The standard InChI is InChI=1S/C16H17ClIN/c17-16-4-2-1-3-14(16)10-13(11-19)9-12-5-7-15(18)8-6-12/h1-8,13H,9-11,19H2. The van der Waals surface area contributed by atoms with E-state index < -0.39 is 0 Å². The van der Waals surface area contributed by atoms with E-state index in [-0.39, 0.29) is 0 Å². The van der Waals surface area contributed by atoms with Crippen molar-refractivity contribution < 1.29 is 0 Å². The van der Waals surface area contributed by atoms with Gasteiger partial charge in [0, 0.05) is 8.59 Å². The van der Waals surface area contributed by atoms with Crippen LogP contribution in [0.15, 0.2) is 48.5 Å². The molecule has 0 bridgehead atoms. The summed E-state index contributed by atoms with van der Waals surface area (Å²) in [5.74, 6) is 0.431. The van der Waals surface area contributed by atoms with E-state index in [9.17, 15) is 0 Å². The maximum Gasteiger partial charge on any atom is 0.0438 e. The van der Waals surface area contributed by atoms with Gasteiger partial charge in [0.2, 0.25) is 0 Å². The van der Waals surface area contributed by atoms with Crippen LogP contribution in [0, 0.1) is 9.49 Å². The first kappa shape index (κ1) is 14.8. The second kappa shape index (κ2) is 7.27. The Labute approximate surface area is 133 Å². The van der Waals surface area contributed by atoms with Gasteiger partial charge in [-0.2, -0.15) is 0 Å². The van der Waals surface area contributed by atoms with Crippen LogP contribution in [-0.2, 0) is 12.8 Å². The van der Waals surface area contributed by atoms with Gasteiger partial charge in [0.1, 0.15) is 0 Å². The Morgan fingerprint density at radius 2 is 1.68 bits per heavy atom. The Balaban J connectivity index is 2.05. The predicted molar refractivity (Wildman–Crippen MR) is 90.6 cm³/mol. The molecule has 0 radical (unpaired) electrons. The van der Waals surface area contributed by atoms with Gasteiger partial charge < -0.3 is 5.73 Å². The molecule has 0 aliphatic rings. The molecule has 19 heavy (non-hydrogen) atoms. The molecule has 0 saturated carbocycles. The van der Waals surface area contributed by atoms with Gasteiger partial charge in [0.25, 0.3) is 0 Å². The topological polar surface area (TPSA) is 26.0 Å². The lowest BCUT2D eigenvalue weighted by Gasteiger charge is -2.16. The zero-order valence-corrected chi connectivity index (χ0v) is 13.6. The first-order chi connectivity index (χ1) is 9.19. The van der Waals surface area contributed by atoms with Gasteiger partial charge >= 0.3 is 0 Å². The summed E-state index contributed by atoms with van der Waals surface area (Å²) in [4.78, 5) is 0. The summed E-state index contributed by atoms with van der Waals surface area (Å²) < 4.78 is 1.26. The second-order valence-corrected chi connectivity index (χ2v) is 6.38. The molecule has 2 N–H and O–H groups in total. The highest BCUT2D eigenvalue weighted by molar-refractivity contribution is 14.1. The Morgan fingerprint density at radius 3 is 2.32 bits per heavy atom. The lowest BCUT2D eigenvalue weighted by molar-refractivity contribution is 0.533. The number of hydrogen-bond donors (Lipinski definition) is 1. The molecule has 2 rings (SSSR count). The average Bonchev–Trinajstić information content (AvgIpc) is 2.43. The molecule has 2 aromatic rings. The molecule has 0 heterocycles. The molecule has 0 fully saturated rings. The van der Waals surface area contributed by atoms with Gasteiger partial charge in [-0.15, -0.1) is 0 Å². The second-order valence-electron chi connectivity index (χ2n) is 4.73. The third-order valence-corrected chi connectivity index (χ3v) is 4.33. The third-order valence-electron chi connectivity index (χ3n) is 3.24. The molecule has 3 heteroatoms. The largest absolute Gasteiger partial charge is 0.330 e. The van der Waals surface area contributed by atoms with E-state index in [4.69, 9.17) is 17.3 Å². The summed E-state index contributed by atoms with van der Waals surface area (Å²) in [6.07, 6.45) is 1.93. The Hall–Kier alpha value is -0.580. The van der Waals surface area contributed by atoms with Crippen molar-refractivity contribution in [2.24, 2.45) is 11.7 Å². The van der Waals surface area contributed by atoms with Crippen LogP contribution >= 0.6 is 34.2 Å². The quantitative estimate of drug-likeness (QED) is 0.763. The zero-order chi connectivity index (χ0) is 13.7. The molecular formula is C16H17ClIN. The minimum atomic E-state index is 0.431. The molecular weight excluding hydrogens is 369 g/mol. The molecule has 1 atom stereocenters. The molecule has 0 saturated heterocycles. The molecule has 1 unspecified atom stereocenters. The number of nitrogens with two attached hydrogens (primary N) is 1. The fraction of sp³-hybridized carbons (Fsp3) is 0.250. The molecule has 0 aliphatic heterocycles. The van der Waals surface area contributed by atoms with Gasteiger partial charge in [0.05, 0.1) is 0 Å². The van der Waals surface area contributed by atoms with Gasteiger partial charge in [-0.05, 0) is 77.2 Å². The minimum absolute atomic E-state index is 0.431. The van der Waals surface area contributed by atoms with Gasteiger partial charge in [-0.1, -0.05) is 41.9 Å². The smallest absolute Gasteiger partial charge is 0.0438 e. The van der Waals surface area contributed by atoms with E-state index in [1.165, 1.54) is 14.7 Å². The molecule has 100 valence electrons. The van der Waals surface area contributed by atoms with Crippen molar-refractivity contribution >= 4 is 34.2 Å². The lowest BCUT2D eigenvalue weighted by atomic mass is 9.93. The van der Waals surface area contributed by atoms with Crippen LogP contribution in [0.25, 0.3) is 0 Å². The van der Waals surface area contributed by atoms with E-state index in [2.05, 4.69) is 52.9 Å². The maximum absolute atomic E-state index is 6.21. The highest BCUT2D eigenvalue weighted by Crippen LogP contribution is 2.21. The SMILES string of the molecule is NCC(Cc1ccc(I)cc1)Cc1ccccc1Cl. The Kier molecular flexibility index (Phi) is 5.67. The van der Waals surface area contributed by atoms with Crippen molar-refractivity contribution in [2.45, 2.75) is 12.8 Å². The molecule has 0 spiro atoms. The van der Waals surface area contributed by atoms with E-state index in [1.54, 1.807) is 0 Å². The summed E-state index contributed by atoms with van der Waals surface area (Å²) in [5.41, 5.74) is 8.43. The van der Waals surface area contributed by atoms with Crippen LogP contribution in [-0.4, -0.2) is 6.54 Å². The highest BCUT2D eigenvalue weighted by Gasteiger charge is 2.11. The zero-order valence-electron chi connectivity index (χ0n) is 10.7. The summed E-state index contributed by atoms with van der Waals surface area (Å²) in [5, 5.41) is 0.837. The predicted octanol–water partition coefficient (Wildman–Crippen LogP) is 4.30. The molecule has 0 amide bonds. The number of halogens is 2. The van der Waals surface area contributed by atoms with Crippen molar-refractivity contribution in [3.8, 4) is 0 Å². The third kappa shape index (κ3) is 4.48. The molecule has 2 aromatic carbocycles. The number of rotatable bonds is 5. The summed E-state index contributed by atoms with van der Waals surface area (Å²) in [6.45, 7) is 0.678. The number of hydrogen-bond acceptors (Lipinski definition) is 1. The molecule has 1 nitrogen and oxygen atoms in total. The van der Waals surface area contributed by atoms with Crippen molar-refractivity contribution in [3.63, 3.8) is 0 Å². The summed E-state index contributed by atoms with van der Waals surface area (Å²) in [6, 6.07) is 16.6. The maximum atomic E-state index is 6.21. The van der Waals surface area contributed by atoms with Crippen LogP contribution < -0.4 is 5.73 Å².